The molecule has 0 fully saturated rings. The molecule has 0 aliphatic carbocycles. The lowest BCUT2D eigenvalue weighted by Crippen LogP contribution is -2.34. The normalized spacial score (nSPS) is 11.7. The molecule has 0 aliphatic heterocycles. The molecule has 11 nitrogen and oxygen atoms in total. The van der Waals surface area contributed by atoms with Crippen molar-refractivity contribution >= 4 is 32.7 Å². The number of fused-ring (bicyclic) bond motifs is 1. The number of carbonyl (C=O) groups excluding carboxylic acids is 1. The van der Waals surface area contributed by atoms with Gasteiger partial charge in [0.2, 0.25) is 5.88 Å². The van der Waals surface area contributed by atoms with Gasteiger partial charge in [0.15, 0.2) is 0 Å². The van der Waals surface area contributed by atoms with Gasteiger partial charge in [0.05, 0.1) is 25.8 Å². The number of halogens is 2. The molecule has 0 unspecified atom stereocenters. The monoisotopic (exact) mass is 630 g/mol. The molecule has 0 bridgehead atoms. The first-order valence-corrected chi connectivity index (χ1v) is 14.9. The Labute approximate surface area is 253 Å². The number of carbonyl (C=O) groups is 1. The molecule has 0 saturated heterocycles. The highest BCUT2D eigenvalue weighted by Gasteiger charge is 2.22. The largest absolute Gasteiger partial charge is 0.490 e. The fourth-order valence-electron chi connectivity index (χ4n) is 4.02. The molecule has 2 aromatic heterocycles. The number of anilines is 1. The van der Waals surface area contributed by atoms with E-state index in [9.17, 15) is 22.0 Å². The number of sulfonamides is 1. The van der Waals surface area contributed by atoms with Gasteiger partial charge in [-0.1, -0.05) is 6.07 Å². The number of methoxy groups -OCH3 is 1. The van der Waals surface area contributed by atoms with Crippen LogP contribution in [0.1, 0.15) is 20.8 Å². The number of nitrogens with zero attached hydrogens (tertiary/aromatic N) is 2. The Kier molecular flexibility index (Phi) is 10.2. The molecule has 4 aromatic rings. The van der Waals surface area contributed by atoms with Gasteiger partial charge in [-0.15, -0.1) is 0 Å². The van der Waals surface area contributed by atoms with Gasteiger partial charge in [0.1, 0.15) is 40.2 Å². The second kappa shape index (κ2) is 13.8. The summed E-state index contributed by atoms with van der Waals surface area (Å²) in [4.78, 5) is 19.5. The minimum atomic E-state index is -4.44. The molecule has 44 heavy (non-hydrogen) atoms. The summed E-state index contributed by atoms with van der Waals surface area (Å²) < 4.78 is 77.5. The molecule has 0 saturated carbocycles. The smallest absolute Gasteiger partial charge is 0.407 e. The Balaban J connectivity index is 1.46. The second-order valence-electron chi connectivity index (χ2n) is 10.4. The predicted molar refractivity (Wildman–Crippen MR) is 159 cm³/mol. The molecule has 0 spiro atoms. The zero-order valence-corrected chi connectivity index (χ0v) is 25.3. The summed E-state index contributed by atoms with van der Waals surface area (Å²) in [6, 6.07) is 10.7. The highest BCUT2D eigenvalue weighted by Crippen LogP contribution is 2.33. The van der Waals surface area contributed by atoms with Crippen LogP contribution in [0.15, 0.2) is 65.8 Å². The van der Waals surface area contributed by atoms with Crippen LogP contribution in [-0.4, -0.2) is 63.6 Å². The van der Waals surface area contributed by atoms with Gasteiger partial charge in [0.25, 0.3) is 10.0 Å². The van der Waals surface area contributed by atoms with Crippen LogP contribution in [0.5, 0.6) is 11.6 Å². The minimum Gasteiger partial charge on any atom is -0.490 e. The van der Waals surface area contributed by atoms with Crippen molar-refractivity contribution in [1.82, 2.24) is 15.3 Å². The molecule has 0 atom stereocenters. The van der Waals surface area contributed by atoms with E-state index < -0.39 is 38.2 Å². The SMILES string of the molecule is COc1ncc(-c2ccc3nccc(OCCOCCNC(=O)OC(C)(C)C)c3c2)cc1NS(=O)(=O)c1ccc(F)cc1F. The van der Waals surface area contributed by atoms with Crippen LogP contribution >= 0.6 is 0 Å². The van der Waals surface area contributed by atoms with Crippen molar-refractivity contribution in [3.63, 3.8) is 0 Å². The van der Waals surface area contributed by atoms with E-state index in [1.807, 2.05) is 6.07 Å². The van der Waals surface area contributed by atoms with E-state index in [1.54, 1.807) is 45.2 Å². The minimum absolute atomic E-state index is 0.0465. The summed E-state index contributed by atoms with van der Waals surface area (Å²) in [5, 5.41) is 3.30. The molecule has 14 heteroatoms. The van der Waals surface area contributed by atoms with E-state index in [0.717, 1.165) is 12.1 Å². The van der Waals surface area contributed by atoms with Crippen molar-refractivity contribution < 1.29 is 40.9 Å². The average Bonchev–Trinajstić information content (AvgIpc) is 2.95. The Morgan fingerprint density at radius 3 is 2.48 bits per heavy atom. The number of alkyl carbamates (subject to hydrolysis) is 1. The van der Waals surface area contributed by atoms with Crippen LogP contribution in [0, 0.1) is 11.6 Å². The third-order valence-electron chi connectivity index (χ3n) is 5.91. The number of rotatable bonds is 12. The van der Waals surface area contributed by atoms with Crippen LogP contribution in [0.3, 0.4) is 0 Å². The molecular weight excluding hydrogens is 598 g/mol. The number of aromatic nitrogens is 2. The van der Waals surface area contributed by atoms with Gasteiger partial charge in [-0.2, -0.15) is 0 Å². The van der Waals surface area contributed by atoms with Gasteiger partial charge in [-0.05, 0) is 62.7 Å². The van der Waals surface area contributed by atoms with Crippen molar-refractivity contribution in [2.45, 2.75) is 31.3 Å². The molecule has 2 N–H and O–H groups in total. The standard InChI is InChI=1S/C30H32F2N4O7S/c1-30(2,3)43-29(37)34-11-12-41-13-14-42-26-9-10-33-24-7-5-19(15-22(24)26)20-16-25(28(40-4)35-18-20)36-44(38,39)27-8-6-21(31)17-23(27)32/h5-10,15-18,36H,11-14H2,1-4H3,(H,34,37). The number of nitrogens with one attached hydrogen (secondary N) is 2. The summed E-state index contributed by atoms with van der Waals surface area (Å²) in [5.74, 6) is -1.65. The third-order valence-corrected chi connectivity index (χ3v) is 7.31. The summed E-state index contributed by atoms with van der Waals surface area (Å²) in [5.41, 5.74) is 1.20. The molecular formula is C30H32F2N4O7S. The molecule has 4 rings (SSSR count). The van der Waals surface area contributed by atoms with E-state index >= 15 is 0 Å². The van der Waals surface area contributed by atoms with Crippen molar-refractivity contribution in [2.24, 2.45) is 0 Å². The summed E-state index contributed by atoms with van der Waals surface area (Å²) in [6.45, 7) is 6.39. The van der Waals surface area contributed by atoms with E-state index in [-0.39, 0.29) is 37.9 Å². The lowest BCUT2D eigenvalue weighted by molar-refractivity contribution is 0.0489. The van der Waals surface area contributed by atoms with Crippen molar-refractivity contribution in [3.8, 4) is 22.8 Å². The Hall–Kier alpha value is -4.56. The molecule has 1 amide bonds. The fraction of sp³-hybridized carbons (Fsp3) is 0.300. The molecule has 234 valence electrons. The summed E-state index contributed by atoms with van der Waals surface area (Å²) in [7, 11) is -3.13. The highest BCUT2D eigenvalue weighted by atomic mass is 32.2. The lowest BCUT2D eigenvalue weighted by Gasteiger charge is -2.19. The molecule has 0 radical (unpaired) electrons. The van der Waals surface area contributed by atoms with E-state index in [2.05, 4.69) is 20.0 Å². The third kappa shape index (κ3) is 8.51. The van der Waals surface area contributed by atoms with E-state index in [0.29, 0.717) is 33.8 Å². The maximum absolute atomic E-state index is 14.3. The zero-order valence-electron chi connectivity index (χ0n) is 24.5. The topological polar surface area (TPSA) is 138 Å². The lowest BCUT2D eigenvalue weighted by atomic mass is 10.0. The van der Waals surface area contributed by atoms with Gasteiger partial charge in [-0.3, -0.25) is 9.71 Å². The fourth-order valence-corrected chi connectivity index (χ4v) is 5.13. The first-order chi connectivity index (χ1) is 20.9. The number of benzene rings is 2. The van der Waals surface area contributed by atoms with Crippen LogP contribution in [0.25, 0.3) is 22.0 Å². The van der Waals surface area contributed by atoms with Gasteiger partial charge in [-0.25, -0.2) is 27.0 Å². The predicted octanol–water partition coefficient (Wildman–Crippen LogP) is 5.30. The number of hydrogen-bond donors (Lipinski definition) is 2. The molecule has 0 aliphatic rings. The number of hydrogen-bond acceptors (Lipinski definition) is 9. The first-order valence-electron chi connectivity index (χ1n) is 13.4. The Morgan fingerprint density at radius 1 is 0.955 bits per heavy atom. The Bertz CT molecular complexity index is 1750. The van der Waals surface area contributed by atoms with Crippen LogP contribution in [-0.2, 0) is 19.5 Å². The van der Waals surface area contributed by atoms with Crippen molar-refractivity contribution in [3.05, 3.63) is 72.6 Å². The summed E-state index contributed by atoms with van der Waals surface area (Å²) >= 11 is 0. The Morgan fingerprint density at radius 2 is 1.75 bits per heavy atom. The van der Waals surface area contributed by atoms with Gasteiger partial charge >= 0.3 is 6.09 Å². The van der Waals surface area contributed by atoms with E-state index in [4.69, 9.17) is 18.9 Å². The van der Waals surface area contributed by atoms with Crippen molar-refractivity contribution in [2.75, 3.05) is 38.2 Å². The van der Waals surface area contributed by atoms with E-state index in [1.165, 1.54) is 19.4 Å². The van der Waals surface area contributed by atoms with Crippen molar-refractivity contribution in [1.29, 1.82) is 0 Å². The molecule has 2 aromatic carbocycles. The average molecular weight is 631 g/mol. The maximum atomic E-state index is 14.3. The number of ether oxygens (including phenoxy) is 4. The first kappa shape index (κ1) is 32.4. The quantitative estimate of drug-likeness (QED) is 0.200. The number of pyridine rings is 2. The highest BCUT2D eigenvalue weighted by molar-refractivity contribution is 7.92. The second-order valence-corrected chi connectivity index (χ2v) is 12.0. The van der Waals surface area contributed by atoms with Crippen LogP contribution in [0.2, 0.25) is 0 Å². The number of amides is 1. The summed E-state index contributed by atoms with van der Waals surface area (Å²) in [6.07, 6.45) is 2.58. The van der Waals surface area contributed by atoms with Gasteiger partial charge in [0, 0.05) is 36.0 Å². The van der Waals surface area contributed by atoms with Crippen LogP contribution < -0.4 is 19.5 Å². The maximum Gasteiger partial charge on any atom is 0.407 e. The zero-order chi connectivity index (χ0) is 31.9. The molecule has 2 heterocycles. The van der Waals surface area contributed by atoms with Crippen LogP contribution in [0.4, 0.5) is 19.3 Å². The van der Waals surface area contributed by atoms with Gasteiger partial charge < -0.3 is 24.3 Å².